The molecule has 1 atom stereocenters. The topological polar surface area (TPSA) is 20.2 Å². The van der Waals surface area contributed by atoms with Gasteiger partial charge in [0.1, 0.15) is 17.7 Å². The van der Waals surface area contributed by atoms with Gasteiger partial charge in [0.2, 0.25) is 0 Å². The first-order valence-corrected chi connectivity index (χ1v) is 6.66. The summed E-state index contributed by atoms with van der Waals surface area (Å²) in [6, 6.07) is 7.00. The maximum absolute atomic E-state index is 13.8. The molecular formula is C14H10BrClF2O. The van der Waals surface area contributed by atoms with Gasteiger partial charge in [-0.3, -0.25) is 0 Å². The van der Waals surface area contributed by atoms with Crippen molar-refractivity contribution in [2.75, 3.05) is 0 Å². The number of aliphatic hydroxyl groups is 1. The van der Waals surface area contributed by atoms with Crippen LogP contribution in [-0.4, -0.2) is 5.11 Å². The van der Waals surface area contributed by atoms with Crippen LogP contribution in [0.2, 0.25) is 5.02 Å². The van der Waals surface area contributed by atoms with Crippen molar-refractivity contribution in [3.63, 3.8) is 0 Å². The Morgan fingerprint density at radius 1 is 1.16 bits per heavy atom. The van der Waals surface area contributed by atoms with E-state index in [-0.39, 0.29) is 10.0 Å². The largest absolute Gasteiger partial charge is 0.383 e. The molecule has 2 aromatic carbocycles. The van der Waals surface area contributed by atoms with Crippen molar-refractivity contribution >= 4 is 27.5 Å². The van der Waals surface area contributed by atoms with E-state index in [1.807, 2.05) is 0 Å². The quantitative estimate of drug-likeness (QED) is 0.829. The van der Waals surface area contributed by atoms with E-state index in [9.17, 15) is 13.9 Å². The van der Waals surface area contributed by atoms with Crippen LogP contribution in [0, 0.1) is 18.6 Å². The summed E-state index contributed by atoms with van der Waals surface area (Å²) in [5, 5.41) is 10.5. The van der Waals surface area contributed by atoms with Gasteiger partial charge in [-0.1, -0.05) is 39.7 Å². The Balaban J connectivity index is 2.49. The van der Waals surface area contributed by atoms with Gasteiger partial charge in [-0.2, -0.15) is 0 Å². The lowest BCUT2D eigenvalue weighted by molar-refractivity contribution is 0.209. The highest BCUT2D eigenvalue weighted by atomic mass is 79.9. The van der Waals surface area contributed by atoms with E-state index in [1.165, 1.54) is 6.07 Å². The Labute approximate surface area is 123 Å². The summed E-state index contributed by atoms with van der Waals surface area (Å²) in [5.74, 6) is -1.62. The minimum atomic E-state index is -1.40. The molecule has 0 aliphatic carbocycles. The standard InChI is InChI=1S/C14H10BrClF2O/c1-7-2-3-8(4-10(7)16)14(19)13-11(17)5-9(15)6-12(13)18/h2-6,14,19H,1H3. The Morgan fingerprint density at radius 2 is 1.74 bits per heavy atom. The van der Waals surface area contributed by atoms with Crippen molar-refractivity contribution in [1.82, 2.24) is 0 Å². The second kappa shape index (κ2) is 5.57. The van der Waals surface area contributed by atoms with E-state index >= 15 is 0 Å². The van der Waals surface area contributed by atoms with Gasteiger partial charge in [0, 0.05) is 9.50 Å². The zero-order valence-corrected chi connectivity index (χ0v) is 12.3. The molecule has 19 heavy (non-hydrogen) atoms. The third-order valence-corrected chi connectivity index (χ3v) is 3.69. The second-order valence-electron chi connectivity index (χ2n) is 4.19. The first kappa shape index (κ1) is 14.4. The number of aryl methyl sites for hydroxylation is 1. The van der Waals surface area contributed by atoms with Gasteiger partial charge in [0.05, 0.1) is 5.56 Å². The monoisotopic (exact) mass is 346 g/mol. The molecule has 0 radical (unpaired) electrons. The van der Waals surface area contributed by atoms with E-state index in [2.05, 4.69) is 15.9 Å². The van der Waals surface area contributed by atoms with Crippen molar-refractivity contribution in [2.24, 2.45) is 0 Å². The van der Waals surface area contributed by atoms with Gasteiger partial charge in [0.15, 0.2) is 0 Å². The summed E-state index contributed by atoms with van der Waals surface area (Å²) in [6.07, 6.45) is -1.40. The highest BCUT2D eigenvalue weighted by Gasteiger charge is 2.21. The van der Waals surface area contributed by atoms with E-state index in [0.29, 0.717) is 10.6 Å². The average molecular weight is 348 g/mol. The maximum atomic E-state index is 13.8. The first-order valence-electron chi connectivity index (χ1n) is 5.48. The van der Waals surface area contributed by atoms with Crippen LogP contribution < -0.4 is 0 Å². The van der Waals surface area contributed by atoms with Gasteiger partial charge in [-0.25, -0.2) is 8.78 Å². The molecule has 0 saturated carbocycles. The maximum Gasteiger partial charge on any atom is 0.133 e. The molecule has 1 nitrogen and oxygen atoms in total. The van der Waals surface area contributed by atoms with Gasteiger partial charge in [0.25, 0.3) is 0 Å². The van der Waals surface area contributed by atoms with E-state index in [0.717, 1.165) is 17.7 Å². The molecular weight excluding hydrogens is 338 g/mol. The Bertz CT molecular complexity index is 608. The zero-order chi connectivity index (χ0) is 14.2. The molecule has 5 heteroatoms. The fourth-order valence-corrected chi connectivity index (χ4v) is 2.35. The summed E-state index contributed by atoms with van der Waals surface area (Å²) in [6.45, 7) is 1.80. The van der Waals surface area contributed by atoms with Crippen LogP contribution in [0.3, 0.4) is 0 Å². The lowest BCUT2D eigenvalue weighted by Crippen LogP contribution is -2.06. The third kappa shape index (κ3) is 2.96. The van der Waals surface area contributed by atoms with Crippen molar-refractivity contribution in [1.29, 1.82) is 0 Å². The first-order chi connectivity index (χ1) is 8.90. The lowest BCUT2D eigenvalue weighted by atomic mass is 9.99. The van der Waals surface area contributed by atoms with Crippen LogP contribution in [0.15, 0.2) is 34.8 Å². The van der Waals surface area contributed by atoms with Crippen LogP contribution >= 0.6 is 27.5 Å². The third-order valence-electron chi connectivity index (χ3n) is 2.83. The molecule has 0 spiro atoms. The van der Waals surface area contributed by atoms with Crippen molar-refractivity contribution in [2.45, 2.75) is 13.0 Å². The smallest absolute Gasteiger partial charge is 0.133 e. The minimum absolute atomic E-state index is 0.278. The fourth-order valence-electron chi connectivity index (χ4n) is 1.76. The molecule has 1 N–H and O–H groups in total. The number of halogens is 4. The number of hydrogen-bond donors (Lipinski definition) is 1. The molecule has 2 rings (SSSR count). The minimum Gasteiger partial charge on any atom is -0.383 e. The lowest BCUT2D eigenvalue weighted by Gasteiger charge is -2.14. The Kier molecular flexibility index (Phi) is 4.23. The van der Waals surface area contributed by atoms with Gasteiger partial charge in [-0.05, 0) is 36.2 Å². The van der Waals surface area contributed by atoms with Crippen molar-refractivity contribution < 1.29 is 13.9 Å². The van der Waals surface area contributed by atoms with E-state index < -0.39 is 17.7 Å². The predicted octanol–water partition coefficient (Wildman–Crippen LogP) is 4.77. The molecule has 0 aromatic heterocycles. The molecule has 0 bridgehead atoms. The molecule has 0 fully saturated rings. The summed E-state index contributed by atoms with van der Waals surface area (Å²) in [5.41, 5.74) is 0.785. The Morgan fingerprint density at radius 3 is 2.26 bits per heavy atom. The molecule has 0 amide bonds. The number of benzene rings is 2. The van der Waals surface area contributed by atoms with Gasteiger partial charge < -0.3 is 5.11 Å². The normalized spacial score (nSPS) is 12.5. The summed E-state index contributed by atoms with van der Waals surface area (Å²) in [7, 11) is 0. The van der Waals surface area contributed by atoms with Crippen molar-refractivity contribution in [3.05, 3.63) is 68.2 Å². The molecule has 0 saturated heterocycles. The molecule has 0 aliphatic rings. The molecule has 1 unspecified atom stereocenters. The summed E-state index contributed by atoms with van der Waals surface area (Å²) < 4.78 is 27.8. The zero-order valence-electron chi connectivity index (χ0n) is 9.92. The Hall–Kier alpha value is -0.970. The fraction of sp³-hybridized carbons (Fsp3) is 0.143. The van der Waals surface area contributed by atoms with E-state index in [1.54, 1.807) is 19.1 Å². The van der Waals surface area contributed by atoms with Crippen LogP contribution in [0.1, 0.15) is 22.8 Å². The molecule has 0 heterocycles. The SMILES string of the molecule is Cc1ccc(C(O)c2c(F)cc(Br)cc2F)cc1Cl. The van der Waals surface area contributed by atoms with Crippen molar-refractivity contribution in [3.8, 4) is 0 Å². The second-order valence-corrected chi connectivity index (χ2v) is 5.52. The summed E-state index contributed by atoms with van der Waals surface area (Å²) in [4.78, 5) is 0. The van der Waals surface area contributed by atoms with E-state index in [4.69, 9.17) is 11.6 Å². The average Bonchev–Trinajstić information content (AvgIpc) is 2.31. The van der Waals surface area contributed by atoms with Crippen LogP contribution in [-0.2, 0) is 0 Å². The van der Waals surface area contributed by atoms with Crippen LogP contribution in [0.4, 0.5) is 8.78 Å². The van der Waals surface area contributed by atoms with Crippen LogP contribution in [0.25, 0.3) is 0 Å². The van der Waals surface area contributed by atoms with Crippen LogP contribution in [0.5, 0.6) is 0 Å². The number of aliphatic hydroxyl groups excluding tert-OH is 1. The van der Waals surface area contributed by atoms with Gasteiger partial charge >= 0.3 is 0 Å². The molecule has 2 aromatic rings. The number of rotatable bonds is 2. The van der Waals surface area contributed by atoms with Gasteiger partial charge in [-0.15, -0.1) is 0 Å². The number of hydrogen-bond acceptors (Lipinski definition) is 1. The predicted molar refractivity (Wildman–Crippen MR) is 74.3 cm³/mol. The highest BCUT2D eigenvalue weighted by Crippen LogP contribution is 2.31. The highest BCUT2D eigenvalue weighted by molar-refractivity contribution is 9.10. The summed E-state index contributed by atoms with van der Waals surface area (Å²) >= 11 is 8.93. The molecule has 0 aliphatic heterocycles. The molecule has 100 valence electrons.